The van der Waals surface area contributed by atoms with E-state index >= 15 is 0 Å². The van der Waals surface area contributed by atoms with Crippen LogP contribution in [0.2, 0.25) is 0 Å². The van der Waals surface area contributed by atoms with Crippen molar-refractivity contribution in [2.75, 3.05) is 0 Å². The molecule has 2 atom stereocenters. The van der Waals surface area contributed by atoms with Crippen LogP contribution < -0.4 is 13.6 Å². The summed E-state index contributed by atoms with van der Waals surface area (Å²) in [6.07, 6.45) is 5.14. The average Bonchev–Trinajstić information content (AvgIpc) is 4.10. The number of benzene rings is 8. The summed E-state index contributed by atoms with van der Waals surface area (Å²) in [4.78, 5) is 0. The average molecular weight is 1050 g/mol. The van der Waals surface area contributed by atoms with Crippen molar-refractivity contribution in [2.24, 2.45) is 11.8 Å². The molecule has 70 heavy (non-hydrogen) atoms. The summed E-state index contributed by atoms with van der Waals surface area (Å²) in [5, 5.41) is 2.94. The molecule has 2 aliphatic carbocycles. The Bertz CT molecular complexity index is 3230. The van der Waals surface area contributed by atoms with Gasteiger partial charge in [0.15, 0.2) is 0 Å². The summed E-state index contributed by atoms with van der Waals surface area (Å²) in [6.45, 7) is 18.9. The van der Waals surface area contributed by atoms with E-state index in [2.05, 4.69) is 243 Å². The molecule has 0 saturated heterocycles. The van der Waals surface area contributed by atoms with Crippen molar-refractivity contribution >= 4 is 52.3 Å². The predicted molar refractivity (Wildman–Crippen MR) is 305 cm³/mol. The van der Waals surface area contributed by atoms with E-state index in [1.54, 1.807) is 0 Å². The predicted octanol–water partition coefficient (Wildman–Crippen LogP) is 16.9. The minimum absolute atomic E-state index is 0.184. The molecule has 0 amide bonds. The van der Waals surface area contributed by atoms with Gasteiger partial charge in [-0.15, -0.1) is 0 Å². The number of hydrogen-bond donors (Lipinski definition) is 0. The zero-order chi connectivity index (χ0) is 48.7. The molecule has 11 rings (SSSR count). The van der Waals surface area contributed by atoms with Gasteiger partial charge in [-0.2, -0.15) is 0 Å². The van der Waals surface area contributed by atoms with Crippen LogP contribution in [0, 0.1) is 11.8 Å². The minimum atomic E-state index is -5.89. The Balaban J connectivity index is 1.25. The van der Waals surface area contributed by atoms with E-state index in [9.17, 15) is 17.0 Å². The molecular weight excluding hydrogens is 983 g/mol. The van der Waals surface area contributed by atoms with E-state index < -0.39 is 25.9 Å². The van der Waals surface area contributed by atoms with Gasteiger partial charge in [0.05, 0.1) is 0 Å². The molecule has 3 aliphatic rings. The molecule has 0 aromatic heterocycles. The maximum absolute atomic E-state index is 9.66. The van der Waals surface area contributed by atoms with Crippen LogP contribution in [0.1, 0.15) is 108 Å². The van der Waals surface area contributed by atoms with Crippen LogP contribution in [-0.2, 0) is 16.4 Å². The van der Waals surface area contributed by atoms with Crippen molar-refractivity contribution in [3.8, 4) is 55.6 Å². The first-order chi connectivity index (χ1) is 33.8. The molecule has 8 aromatic rings. The van der Waals surface area contributed by atoms with E-state index in [-0.39, 0.29) is 19.1 Å². The second kappa shape index (κ2) is 18.2. The molecule has 2 unspecified atom stereocenters. The van der Waals surface area contributed by atoms with E-state index in [4.69, 9.17) is 0 Å². The molecule has 0 saturated carbocycles. The zero-order valence-electron chi connectivity index (χ0n) is 41.8. The van der Waals surface area contributed by atoms with Gasteiger partial charge in [0, 0.05) is 0 Å². The second-order valence-corrected chi connectivity index (χ2v) is 43.9. The Morgan fingerprint density at radius 1 is 0.386 bits per heavy atom. The van der Waals surface area contributed by atoms with Gasteiger partial charge in [-0.25, -0.2) is 0 Å². The third kappa shape index (κ3) is 7.45. The third-order valence-electron chi connectivity index (χ3n) is 16.1. The molecule has 0 bridgehead atoms. The normalized spacial score (nSPS) is 16.9. The van der Waals surface area contributed by atoms with Crippen LogP contribution in [-0.4, -0.2) is 9.52 Å². The maximum atomic E-state index is 9.66. The van der Waals surface area contributed by atoms with E-state index in [0.29, 0.717) is 11.8 Å². The van der Waals surface area contributed by atoms with Crippen molar-refractivity contribution in [2.45, 2.75) is 74.5 Å². The fourth-order valence-corrected chi connectivity index (χ4v) is 41.2. The van der Waals surface area contributed by atoms with Crippen molar-refractivity contribution < 1.29 is 16.4 Å². The van der Waals surface area contributed by atoms with Crippen LogP contribution in [0.4, 0.5) is 0 Å². The van der Waals surface area contributed by atoms with Crippen molar-refractivity contribution in [3.63, 3.8) is 0 Å². The first-order valence-corrected chi connectivity index (χ1v) is 37.4. The van der Waals surface area contributed by atoms with Gasteiger partial charge in [0.25, 0.3) is 0 Å². The fraction of sp³-hybridized carbons (Fsp3) is 0.212. The number of rotatable bonds is 11. The van der Waals surface area contributed by atoms with Crippen LogP contribution >= 0.6 is 17.0 Å². The van der Waals surface area contributed by atoms with Crippen LogP contribution in [0.5, 0.6) is 0 Å². The van der Waals surface area contributed by atoms with Crippen LogP contribution in [0.25, 0.3) is 67.8 Å². The molecule has 0 radical (unpaired) electrons. The monoisotopic (exact) mass is 1040 g/mol. The Labute approximate surface area is 427 Å². The molecule has 0 nitrogen and oxygen atoms in total. The fourth-order valence-electron chi connectivity index (χ4n) is 12.9. The number of halogens is 2. The summed E-state index contributed by atoms with van der Waals surface area (Å²) in [7, 11) is 18.4. The molecule has 0 spiro atoms. The van der Waals surface area contributed by atoms with Gasteiger partial charge >= 0.3 is 431 Å². The molecule has 8 aromatic carbocycles. The van der Waals surface area contributed by atoms with Gasteiger partial charge in [-0.3, -0.25) is 0 Å². The summed E-state index contributed by atoms with van der Waals surface area (Å²) < 4.78 is 0.906. The Morgan fingerprint density at radius 2 is 0.786 bits per heavy atom. The molecule has 4 heteroatoms. The van der Waals surface area contributed by atoms with Gasteiger partial charge in [0.2, 0.25) is 0 Å². The van der Waals surface area contributed by atoms with Crippen molar-refractivity contribution in [1.82, 2.24) is 0 Å². The third-order valence-corrected chi connectivity index (χ3v) is 38.7. The number of allylic oxidation sites excluding steroid dienone is 2. The quantitative estimate of drug-likeness (QED) is 0.113. The first kappa shape index (κ1) is 47.3. The van der Waals surface area contributed by atoms with Crippen LogP contribution in [0.3, 0.4) is 0 Å². The second-order valence-electron chi connectivity index (χ2n) is 21.5. The molecule has 0 N–H and O–H groups in total. The standard InChI is InChI=1S/2C27H27.C12H9Si.2ClH.Zr/c2*1-18(2)22-16-21-14-15-23(19(3)4)27(26(21)17-22)25-13-9-8-12-24(25)20-10-6-5-7-11-20;1-3-7-11-9(5-1)10-6-2-4-8-12(10)13-11;;;/h2*5-19H,1-4H3;1-7H,13H2;2*1H;/q;;;;;+2/p-2. The molecule has 349 valence electrons. The van der Waals surface area contributed by atoms with Gasteiger partial charge in [-0.05, 0) is 0 Å². The molecule has 0 fully saturated rings. The van der Waals surface area contributed by atoms with Crippen molar-refractivity contribution in [3.05, 3.63) is 220 Å². The summed E-state index contributed by atoms with van der Waals surface area (Å²) >= 11 is -5.89. The zero-order valence-corrected chi connectivity index (χ0v) is 47.2. The Morgan fingerprint density at radius 3 is 1.23 bits per heavy atom. The number of fused-ring (bicyclic) bond motifs is 5. The van der Waals surface area contributed by atoms with Crippen LogP contribution in [0.15, 0.2) is 187 Å². The summed E-state index contributed by atoms with van der Waals surface area (Å²) in [5.41, 5.74) is 23.4. The van der Waals surface area contributed by atoms with E-state index in [0.717, 1.165) is 0 Å². The van der Waals surface area contributed by atoms with Gasteiger partial charge in [-0.1, -0.05) is 0 Å². The Kier molecular flexibility index (Phi) is 12.3. The van der Waals surface area contributed by atoms with Crippen molar-refractivity contribution in [1.29, 1.82) is 0 Å². The van der Waals surface area contributed by atoms with Gasteiger partial charge in [0.1, 0.15) is 0 Å². The van der Waals surface area contributed by atoms with Gasteiger partial charge < -0.3 is 0 Å². The molecule has 1 aliphatic heterocycles. The summed E-state index contributed by atoms with van der Waals surface area (Å²) in [6, 6.07) is 65.8. The molecule has 1 heterocycles. The SMILES string of the molecule is CC(C)C1=Cc2c(ccc(C(C)C)c2-c2ccccc2-c2ccccc2)[CH]1[Zr]([Cl])([Cl])([c]1cccc2c1[SiH2]c1ccccc1-2)[CH]1C(C(C)C)=Cc2c1ccc(C(C)C)c2-c1ccccc1-c1ccccc1. The topological polar surface area (TPSA) is 0 Å². The number of hydrogen-bond acceptors (Lipinski definition) is 0. The Hall–Kier alpha value is -5.08. The van der Waals surface area contributed by atoms with E-state index in [1.165, 1.54) is 114 Å². The molecular formula is C66H63Cl2SiZr. The first-order valence-electron chi connectivity index (χ1n) is 25.6. The summed E-state index contributed by atoms with van der Waals surface area (Å²) in [5.74, 6) is 0.967. The van der Waals surface area contributed by atoms with E-state index in [1.807, 2.05) is 0 Å².